The number of pyridine rings is 1. The monoisotopic (exact) mass is 313 g/mol. The van der Waals surface area contributed by atoms with Gasteiger partial charge in [0.15, 0.2) is 0 Å². The van der Waals surface area contributed by atoms with Gasteiger partial charge in [-0.05, 0) is 25.7 Å². The summed E-state index contributed by atoms with van der Waals surface area (Å²) in [6.45, 7) is 2.43. The van der Waals surface area contributed by atoms with Crippen LogP contribution in [0.15, 0.2) is 12.4 Å². The predicted octanol–water partition coefficient (Wildman–Crippen LogP) is 1.80. The number of nitrogens with zero attached hydrogens (tertiary/aromatic N) is 3. The number of methoxy groups -OCH3 is 1. The van der Waals surface area contributed by atoms with Gasteiger partial charge < -0.3 is 14.4 Å². The van der Waals surface area contributed by atoms with Gasteiger partial charge in [-0.1, -0.05) is 0 Å². The van der Waals surface area contributed by atoms with Gasteiger partial charge in [-0.15, -0.1) is 0 Å². The summed E-state index contributed by atoms with van der Waals surface area (Å²) in [4.78, 5) is 19.1. The lowest BCUT2D eigenvalue weighted by Gasteiger charge is -2.34. The van der Waals surface area contributed by atoms with Crippen molar-refractivity contribution in [1.82, 2.24) is 9.88 Å². The van der Waals surface area contributed by atoms with E-state index >= 15 is 0 Å². The summed E-state index contributed by atoms with van der Waals surface area (Å²) < 4.78 is 11.6. The molecule has 1 aromatic rings. The van der Waals surface area contributed by atoms with Crippen LogP contribution in [-0.4, -0.2) is 41.2 Å². The summed E-state index contributed by atoms with van der Waals surface area (Å²) >= 11 is 0. The van der Waals surface area contributed by atoms with Gasteiger partial charge in [0.2, 0.25) is 0 Å². The molecule has 2 bridgehead atoms. The summed E-state index contributed by atoms with van der Waals surface area (Å²) in [5.74, 6) is 0.905. The summed E-state index contributed by atoms with van der Waals surface area (Å²) in [6, 6.07) is 2.04. The second kappa shape index (κ2) is 4.93. The van der Waals surface area contributed by atoms with Crippen LogP contribution in [0.1, 0.15) is 43.4 Å². The van der Waals surface area contributed by atoms with Crippen LogP contribution in [0.25, 0.3) is 0 Å². The smallest absolute Gasteiger partial charge is 0.255 e. The van der Waals surface area contributed by atoms with Gasteiger partial charge in [-0.25, -0.2) is 0 Å². The average molecular weight is 313 g/mol. The lowest BCUT2D eigenvalue weighted by Crippen LogP contribution is -2.49. The largest absolute Gasteiger partial charge is 0.487 e. The first-order valence-corrected chi connectivity index (χ1v) is 7.99. The first-order valence-electron chi connectivity index (χ1n) is 7.99. The van der Waals surface area contributed by atoms with Crippen molar-refractivity contribution >= 4 is 5.91 Å². The molecule has 6 heteroatoms. The molecule has 1 amide bonds. The normalized spacial score (nSPS) is 27.6. The summed E-state index contributed by atoms with van der Waals surface area (Å²) in [5, 5.41) is 9.24. The number of hydrogen-bond donors (Lipinski definition) is 0. The van der Waals surface area contributed by atoms with E-state index in [1.54, 1.807) is 13.3 Å². The van der Waals surface area contributed by atoms with Gasteiger partial charge in [-0.3, -0.25) is 9.78 Å². The number of nitriles is 1. The van der Waals surface area contributed by atoms with Crippen molar-refractivity contribution in [2.45, 2.75) is 43.9 Å². The van der Waals surface area contributed by atoms with E-state index in [9.17, 15) is 10.1 Å². The molecular formula is C17H19N3O3. The number of ether oxygens (including phenoxy) is 2. The molecule has 23 heavy (non-hydrogen) atoms. The Morgan fingerprint density at radius 3 is 2.96 bits per heavy atom. The minimum absolute atomic E-state index is 0.0220. The number of rotatable bonds is 3. The van der Waals surface area contributed by atoms with E-state index < -0.39 is 5.60 Å². The van der Waals surface area contributed by atoms with Crippen LogP contribution >= 0.6 is 0 Å². The molecule has 2 fully saturated rings. The zero-order valence-electron chi connectivity index (χ0n) is 13.3. The van der Waals surface area contributed by atoms with Crippen LogP contribution in [0.4, 0.5) is 0 Å². The molecule has 1 saturated heterocycles. The van der Waals surface area contributed by atoms with Crippen LogP contribution in [0.3, 0.4) is 0 Å². The average Bonchev–Trinajstić information content (AvgIpc) is 3.38. The third kappa shape index (κ3) is 2.03. The second-order valence-corrected chi connectivity index (χ2v) is 6.75. The van der Waals surface area contributed by atoms with E-state index in [1.165, 1.54) is 6.20 Å². The highest BCUT2D eigenvalue weighted by Gasteiger charge is 2.53. The molecule has 0 spiro atoms. The number of carbonyl (C=O) groups excluding carboxylic acids is 1. The van der Waals surface area contributed by atoms with Crippen LogP contribution in [0.2, 0.25) is 0 Å². The van der Waals surface area contributed by atoms with Gasteiger partial charge in [0.05, 0.1) is 12.6 Å². The van der Waals surface area contributed by atoms with Crippen molar-refractivity contribution in [2.75, 3.05) is 13.7 Å². The quantitative estimate of drug-likeness (QED) is 0.850. The molecule has 3 heterocycles. The van der Waals surface area contributed by atoms with Crippen molar-refractivity contribution in [3.8, 4) is 11.8 Å². The summed E-state index contributed by atoms with van der Waals surface area (Å²) in [6.07, 6.45) is 5.98. The highest BCUT2D eigenvalue weighted by molar-refractivity contribution is 5.86. The maximum absolute atomic E-state index is 13.1. The fourth-order valence-electron chi connectivity index (χ4n) is 3.83. The third-order valence-corrected chi connectivity index (χ3v) is 5.42. The van der Waals surface area contributed by atoms with E-state index in [1.807, 2.05) is 11.8 Å². The Bertz CT molecular complexity index is 710. The molecule has 1 saturated carbocycles. The van der Waals surface area contributed by atoms with E-state index in [2.05, 4.69) is 11.1 Å². The molecule has 120 valence electrons. The molecule has 3 aliphatic rings. The molecule has 4 rings (SSSR count). The SMILES string of the molecule is COC(C)(C(=O)N1C[C@@H]2C[C@H]1c1cncc(C#N)c1O2)C1CC1. The molecule has 3 atom stereocenters. The van der Waals surface area contributed by atoms with Crippen LogP contribution < -0.4 is 4.74 Å². The number of likely N-dealkylation sites (tertiary alicyclic amines) is 1. The van der Waals surface area contributed by atoms with Gasteiger partial charge in [0.1, 0.15) is 29.1 Å². The molecule has 1 unspecified atom stereocenters. The Labute approximate surface area is 135 Å². The topological polar surface area (TPSA) is 75.5 Å². The first-order chi connectivity index (χ1) is 11.1. The van der Waals surface area contributed by atoms with E-state index in [0.29, 0.717) is 23.8 Å². The molecular weight excluding hydrogens is 294 g/mol. The number of amides is 1. The third-order valence-electron chi connectivity index (χ3n) is 5.42. The molecule has 2 aliphatic heterocycles. The Balaban J connectivity index is 1.70. The second-order valence-electron chi connectivity index (χ2n) is 6.75. The van der Waals surface area contributed by atoms with Crippen molar-refractivity contribution in [1.29, 1.82) is 5.26 Å². The zero-order chi connectivity index (χ0) is 16.2. The maximum atomic E-state index is 13.1. The lowest BCUT2D eigenvalue weighted by molar-refractivity contribution is -0.156. The van der Waals surface area contributed by atoms with Crippen LogP contribution in [0.5, 0.6) is 5.75 Å². The first kappa shape index (κ1) is 14.5. The molecule has 0 N–H and O–H groups in total. The minimum atomic E-state index is -0.766. The zero-order valence-corrected chi connectivity index (χ0v) is 13.3. The van der Waals surface area contributed by atoms with Gasteiger partial charge in [-0.2, -0.15) is 5.26 Å². The highest BCUT2D eigenvalue weighted by Crippen LogP contribution is 2.48. The molecule has 0 radical (unpaired) electrons. The molecule has 0 aromatic carbocycles. The fraction of sp³-hybridized carbons (Fsp3) is 0.588. The van der Waals surface area contributed by atoms with Crippen LogP contribution in [0, 0.1) is 17.2 Å². The number of carbonyl (C=O) groups is 1. The fourth-order valence-corrected chi connectivity index (χ4v) is 3.83. The molecule has 1 aliphatic carbocycles. The standard InChI is InChI=1S/C17H19N3O3/c1-17(22-2,11-3-4-11)16(21)20-9-12-5-14(20)13-8-19-7-10(6-18)15(13)23-12/h7-8,11-12,14H,3-5,9H2,1-2H3/t12-,14-,17?/m0/s1. The van der Waals surface area contributed by atoms with Crippen molar-refractivity contribution in [3.05, 3.63) is 23.5 Å². The lowest BCUT2D eigenvalue weighted by atomic mass is 9.95. The Hall–Kier alpha value is -2.13. The molecule has 1 aromatic heterocycles. The maximum Gasteiger partial charge on any atom is 0.255 e. The predicted molar refractivity (Wildman–Crippen MR) is 80.6 cm³/mol. The van der Waals surface area contributed by atoms with Crippen molar-refractivity contribution in [3.63, 3.8) is 0 Å². The van der Waals surface area contributed by atoms with Gasteiger partial charge in [0, 0.05) is 31.5 Å². The summed E-state index contributed by atoms with van der Waals surface area (Å²) in [5.41, 5.74) is 0.501. The van der Waals surface area contributed by atoms with Gasteiger partial charge in [0.25, 0.3) is 5.91 Å². The van der Waals surface area contributed by atoms with Crippen molar-refractivity contribution in [2.24, 2.45) is 5.92 Å². The number of hydrogen-bond acceptors (Lipinski definition) is 5. The number of fused-ring (bicyclic) bond motifs is 4. The molecule has 6 nitrogen and oxygen atoms in total. The van der Waals surface area contributed by atoms with Gasteiger partial charge >= 0.3 is 0 Å². The Kier molecular flexibility index (Phi) is 3.10. The Morgan fingerprint density at radius 2 is 2.30 bits per heavy atom. The highest BCUT2D eigenvalue weighted by atomic mass is 16.5. The number of aromatic nitrogens is 1. The van der Waals surface area contributed by atoms with E-state index in [0.717, 1.165) is 24.8 Å². The van der Waals surface area contributed by atoms with Crippen LogP contribution in [-0.2, 0) is 9.53 Å². The summed E-state index contributed by atoms with van der Waals surface area (Å²) in [7, 11) is 1.61. The van der Waals surface area contributed by atoms with Crippen molar-refractivity contribution < 1.29 is 14.3 Å². The Morgan fingerprint density at radius 1 is 1.52 bits per heavy atom. The minimum Gasteiger partial charge on any atom is -0.487 e. The van der Waals surface area contributed by atoms with E-state index in [-0.39, 0.29) is 18.1 Å². The van der Waals surface area contributed by atoms with E-state index in [4.69, 9.17) is 9.47 Å².